The van der Waals surface area contributed by atoms with Crippen LogP contribution in [0.2, 0.25) is 0 Å². The van der Waals surface area contributed by atoms with Gasteiger partial charge in [-0.15, -0.1) is 0 Å². The van der Waals surface area contributed by atoms with Crippen molar-refractivity contribution in [1.29, 1.82) is 0 Å². The van der Waals surface area contributed by atoms with Crippen molar-refractivity contribution in [3.05, 3.63) is 53.3 Å². The Morgan fingerprint density at radius 1 is 1.30 bits per heavy atom. The van der Waals surface area contributed by atoms with E-state index in [1.165, 1.54) is 4.68 Å². The van der Waals surface area contributed by atoms with E-state index in [1.807, 2.05) is 37.3 Å². The van der Waals surface area contributed by atoms with E-state index in [1.54, 1.807) is 20.0 Å². The summed E-state index contributed by atoms with van der Waals surface area (Å²) >= 11 is 0. The lowest BCUT2D eigenvalue weighted by Crippen LogP contribution is -2.36. The highest BCUT2D eigenvalue weighted by molar-refractivity contribution is 5.93. The summed E-state index contributed by atoms with van der Waals surface area (Å²) in [5, 5.41) is 16.4. The van der Waals surface area contributed by atoms with E-state index in [-0.39, 0.29) is 5.91 Å². The molecule has 0 aliphatic heterocycles. The highest BCUT2D eigenvalue weighted by Gasteiger charge is 2.28. The van der Waals surface area contributed by atoms with Gasteiger partial charge < -0.3 is 10.4 Å². The number of hydrogen-bond acceptors (Lipinski definition) is 3. The second-order valence-electron chi connectivity index (χ2n) is 5.49. The zero-order chi connectivity index (χ0) is 17.0. The summed E-state index contributed by atoms with van der Waals surface area (Å²) in [4.78, 5) is 23.9. The second kappa shape index (κ2) is 7.09. The molecule has 6 heteroatoms. The fourth-order valence-corrected chi connectivity index (χ4v) is 2.43. The molecule has 0 spiro atoms. The van der Waals surface area contributed by atoms with Crippen LogP contribution < -0.4 is 5.32 Å². The predicted molar refractivity (Wildman–Crippen MR) is 86.0 cm³/mol. The third-order valence-electron chi connectivity index (χ3n) is 3.86. The highest BCUT2D eigenvalue weighted by Crippen LogP contribution is 2.22. The number of amides is 1. The molecule has 0 bridgehead atoms. The zero-order valence-corrected chi connectivity index (χ0v) is 13.5. The van der Waals surface area contributed by atoms with Crippen molar-refractivity contribution in [2.75, 3.05) is 0 Å². The van der Waals surface area contributed by atoms with E-state index in [9.17, 15) is 14.7 Å². The molecule has 2 rings (SSSR count). The molecule has 1 amide bonds. The average Bonchev–Trinajstić information content (AvgIpc) is 2.93. The first kappa shape index (κ1) is 16.7. The van der Waals surface area contributed by atoms with Gasteiger partial charge in [0.1, 0.15) is 5.69 Å². The maximum absolute atomic E-state index is 12.5. The largest absolute Gasteiger partial charge is 0.481 e. The highest BCUT2D eigenvalue weighted by atomic mass is 16.4. The molecule has 1 heterocycles. The normalized spacial score (nSPS) is 13.3. The zero-order valence-electron chi connectivity index (χ0n) is 13.5. The van der Waals surface area contributed by atoms with Crippen LogP contribution in [0.4, 0.5) is 0 Å². The van der Waals surface area contributed by atoms with Crippen molar-refractivity contribution in [1.82, 2.24) is 15.1 Å². The Labute approximate surface area is 135 Å². The quantitative estimate of drug-likeness (QED) is 0.855. The number of aromatic nitrogens is 2. The number of carbonyl (C=O) groups is 2. The minimum absolute atomic E-state index is 0.332. The Balaban J connectivity index is 2.28. The van der Waals surface area contributed by atoms with Gasteiger partial charge in [-0.2, -0.15) is 5.10 Å². The number of aliphatic carboxylic acids is 1. The van der Waals surface area contributed by atoms with Crippen molar-refractivity contribution in [2.45, 2.75) is 26.3 Å². The van der Waals surface area contributed by atoms with Crippen LogP contribution in [0.25, 0.3) is 0 Å². The Bertz CT molecular complexity index is 694. The smallest absolute Gasteiger partial charge is 0.308 e. The average molecular weight is 315 g/mol. The molecular weight excluding hydrogens is 294 g/mol. The molecule has 0 saturated carbocycles. The number of benzene rings is 1. The van der Waals surface area contributed by atoms with Gasteiger partial charge in [0.05, 0.1) is 17.7 Å². The fraction of sp³-hybridized carbons (Fsp3) is 0.353. The van der Waals surface area contributed by atoms with Crippen LogP contribution in [-0.4, -0.2) is 26.8 Å². The number of rotatable bonds is 6. The molecule has 0 fully saturated rings. The molecule has 0 aliphatic carbocycles. The van der Waals surface area contributed by atoms with E-state index < -0.39 is 17.9 Å². The minimum Gasteiger partial charge on any atom is -0.481 e. The fourth-order valence-electron chi connectivity index (χ4n) is 2.43. The first-order valence-electron chi connectivity index (χ1n) is 7.55. The third-order valence-corrected chi connectivity index (χ3v) is 3.86. The van der Waals surface area contributed by atoms with Crippen LogP contribution in [0, 0.1) is 5.92 Å². The Morgan fingerprint density at radius 3 is 2.48 bits per heavy atom. The van der Waals surface area contributed by atoms with Crippen LogP contribution in [0.5, 0.6) is 0 Å². The summed E-state index contributed by atoms with van der Waals surface area (Å²) in [7, 11) is 1.70. The van der Waals surface area contributed by atoms with Gasteiger partial charge in [-0.3, -0.25) is 14.3 Å². The van der Waals surface area contributed by atoms with Crippen LogP contribution in [0.15, 0.2) is 36.4 Å². The van der Waals surface area contributed by atoms with Crippen molar-refractivity contribution >= 4 is 11.9 Å². The SMILES string of the molecule is CCc1cc(C(=O)NC(c2ccccc2)C(C)C(=O)O)n(C)n1. The number of carboxylic acids is 1. The minimum atomic E-state index is -0.960. The standard InChI is InChI=1S/C17H21N3O3/c1-4-13-10-14(20(3)19-13)16(21)18-15(11(2)17(22)23)12-8-6-5-7-9-12/h5-11,15H,4H2,1-3H3,(H,18,21)(H,22,23). The molecule has 1 aromatic carbocycles. The molecule has 0 aliphatic rings. The number of hydrogen-bond donors (Lipinski definition) is 2. The maximum Gasteiger partial charge on any atom is 0.308 e. The van der Waals surface area contributed by atoms with Crippen molar-refractivity contribution in [2.24, 2.45) is 13.0 Å². The van der Waals surface area contributed by atoms with E-state index in [4.69, 9.17) is 0 Å². The molecule has 2 aromatic rings. The summed E-state index contributed by atoms with van der Waals surface area (Å²) < 4.78 is 1.52. The van der Waals surface area contributed by atoms with Gasteiger partial charge in [0.25, 0.3) is 5.91 Å². The Hall–Kier alpha value is -2.63. The van der Waals surface area contributed by atoms with Gasteiger partial charge in [-0.25, -0.2) is 0 Å². The van der Waals surface area contributed by atoms with Crippen molar-refractivity contribution in [3.63, 3.8) is 0 Å². The third kappa shape index (κ3) is 3.77. The molecule has 0 radical (unpaired) electrons. The van der Waals surface area contributed by atoms with Gasteiger partial charge >= 0.3 is 5.97 Å². The van der Waals surface area contributed by atoms with Crippen LogP contribution in [0.3, 0.4) is 0 Å². The first-order chi connectivity index (χ1) is 10.9. The summed E-state index contributed by atoms with van der Waals surface area (Å²) in [5.74, 6) is -2.04. The molecule has 0 saturated heterocycles. The summed E-state index contributed by atoms with van der Waals surface area (Å²) in [6.07, 6.45) is 0.731. The summed E-state index contributed by atoms with van der Waals surface area (Å²) in [5.41, 5.74) is 1.99. The summed E-state index contributed by atoms with van der Waals surface area (Å²) in [6.45, 7) is 3.55. The van der Waals surface area contributed by atoms with Gasteiger partial charge in [0.2, 0.25) is 0 Å². The van der Waals surface area contributed by atoms with E-state index >= 15 is 0 Å². The lowest BCUT2D eigenvalue weighted by Gasteiger charge is -2.22. The molecule has 122 valence electrons. The number of carbonyl (C=O) groups excluding carboxylic acids is 1. The van der Waals surface area contributed by atoms with E-state index in [0.29, 0.717) is 5.69 Å². The molecule has 23 heavy (non-hydrogen) atoms. The van der Waals surface area contributed by atoms with Crippen molar-refractivity contribution < 1.29 is 14.7 Å². The maximum atomic E-state index is 12.5. The van der Waals surface area contributed by atoms with Gasteiger partial charge in [0, 0.05) is 7.05 Å². The van der Waals surface area contributed by atoms with Gasteiger partial charge in [-0.1, -0.05) is 37.3 Å². The van der Waals surface area contributed by atoms with Gasteiger partial charge in [-0.05, 0) is 25.0 Å². The Morgan fingerprint density at radius 2 is 1.96 bits per heavy atom. The topological polar surface area (TPSA) is 84.2 Å². The monoisotopic (exact) mass is 315 g/mol. The molecule has 2 unspecified atom stereocenters. The van der Waals surface area contributed by atoms with Gasteiger partial charge in [0.15, 0.2) is 0 Å². The van der Waals surface area contributed by atoms with Crippen molar-refractivity contribution in [3.8, 4) is 0 Å². The van der Waals surface area contributed by atoms with Crippen LogP contribution >= 0.6 is 0 Å². The van der Waals surface area contributed by atoms with E-state index in [0.717, 1.165) is 17.7 Å². The van der Waals surface area contributed by atoms with E-state index in [2.05, 4.69) is 10.4 Å². The molecular formula is C17H21N3O3. The number of nitrogens with one attached hydrogen (secondary N) is 1. The molecule has 2 N–H and O–H groups in total. The number of aryl methyl sites for hydroxylation is 2. The predicted octanol–water partition coefficient (Wildman–Crippen LogP) is 2.17. The number of carboxylic acid groups (broad SMARTS) is 1. The summed E-state index contributed by atoms with van der Waals surface area (Å²) in [6, 6.07) is 10.2. The molecule has 6 nitrogen and oxygen atoms in total. The second-order valence-corrected chi connectivity index (χ2v) is 5.49. The molecule has 2 atom stereocenters. The Kier molecular flexibility index (Phi) is 5.16. The lowest BCUT2D eigenvalue weighted by atomic mass is 9.94. The van der Waals surface area contributed by atoms with Crippen LogP contribution in [0.1, 0.15) is 41.6 Å². The first-order valence-corrected chi connectivity index (χ1v) is 7.55. The number of nitrogens with zero attached hydrogens (tertiary/aromatic N) is 2. The lowest BCUT2D eigenvalue weighted by molar-refractivity contribution is -0.142. The van der Waals surface area contributed by atoms with Crippen LogP contribution in [-0.2, 0) is 18.3 Å². The molecule has 1 aromatic heterocycles.